The van der Waals surface area contributed by atoms with Crippen molar-refractivity contribution >= 4 is 23.9 Å². The van der Waals surface area contributed by atoms with Crippen molar-refractivity contribution in [1.29, 1.82) is 0 Å². The van der Waals surface area contributed by atoms with Gasteiger partial charge in [0.2, 0.25) is 0 Å². The summed E-state index contributed by atoms with van der Waals surface area (Å²) in [4.78, 5) is 47.7. The van der Waals surface area contributed by atoms with Crippen molar-refractivity contribution < 1.29 is 38.1 Å². The summed E-state index contributed by atoms with van der Waals surface area (Å²) in [5, 5.41) is 0. The smallest absolute Gasteiger partial charge is 0.344 e. The van der Waals surface area contributed by atoms with E-state index in [1.54, 1.807) is 13.8 Å². The van der Waals surface area contributed by atoms with E-state index in [1.165, 1.54) is 0 Å². The van der Waals surface area contributed by atoms with E-state index in [1.807, 2.05) is 6.92 Å². The van der Waals surface area contributed by atoms with Gasteiger partial charge in [-0.1, -0.05) is 6.92 Å². The van der Waals surface area contributed by atoms with Crippen LogP contribution in [-0.4, -0.2) is 49.3 Å². The molecule has 2 aliphatic carbocycles. The molecule has 2 aliphatic heterocycles. The molecule has 4 aliphatic rings. The van der Waals surface area contributed by atoms with Crippen LogP contribution in [0, 0.1) is 23.2 Å². The Morgan fingerprint density at radius 3 is 2.46 bits per heavy atom. The standard InChI is InChI=1S/C20H28O8/c1-4-20(2,3)19(24)26-9-15(21)25-10-16(22)28-17-12-5-11-6-13(8-12)18(23)27-14(17)7-11/h11-14,17H,4-10H2,1-3H3/t11-,12?,13?,14?,17?/m1/s1. The summed E-state index contributed by atoms with van der Waals surface area (Å²) < 4.78 is 20.8. The maximum Gasteiger partial charge on any atom is 0.344 e. The van der Waals surface area contributed by atoms with E-state index in [0.717, 1.165) is 12.8 Å². The van der Waals surface area contributed by atoms with Gasteiger partial charge in [-0.3, -0.25) is 9.59 Å². The monoisotopic (exact) mass is 396 g/mol. The van der Waals surface area contributed by atoms with E-state index in [-0.39, 0.29) is 17.8 Å². The molecule has 8 nitrogen and oxygen atoms in total. The van der Waals surface area contributed by atoms with Crippen molar-refractivity contribution in [2.45, 2.75) is 65.1 Å². The summed E-state index contributed by atoms with van der Waals surface area (Å²) in [5.74, 6) is -1.76. The van der Waals surface area contributed by atoms with Crippen molar-refractivity contribution in [3.8, 4) is 0 Å². The molecule has 4 unspecified atom stereocenters. The zero-order chi connectivity index (χ0) is 20.5. The molecule has 2 saturated carbocycles. The molecule has 4 rings (SSSR count). The summed E-state index contributed by atoms with van der Waals surface area (Å²) in [6.07, 6.45) is 2.83. The number of rotatable bonds is 7. The van der Waals surface area contributed by atoms with Crippen molar-refractivity contribution in [2.24, 2.45) is 23.2 Å². The highest BCUT2D eigenvalue weighted by molar-refractivity contribution is 5.81. The number of esters is 4. The first-order valence-corrected chi connectivity index (χ1v) is 9.92. The van der Waals surface area contributed by atoms with Gasteiger partial charge in [0.05, 0.1) is 11.3 Å². The van der Waals surface area contributed by atoms with Crippen LogP contribution in [0.4, 0.5) is 0 Å². The maximum absolute atomic E-state index is 12.1. The molecule has 28 heavy (non-hydrogen) atoms. The Hall–Kier alpha value is -2.12. The molecular formula is C20H28O8. The summed E-state index contributed by atoms with van der Waals surface area (Å²) >= 11 is 0. The summed E-state index contributed by atoms with van der Waals surface area (Å²) in [5.41, 5.74) is -0.686. The highest BCUT2D eigenvalue weighted by Gasteiger charge is 2.51. The lowest BCUT2D eigenvalue weighted by Crippen LogP contribution is -2.45. The fourth-order valence-electron chi connectivity index (χ4n) is 4.27. The Morgan fingerprint density at radius 2 is 1.75 bits per heavy atom. The van der Waals surface area contributed by atoms with E-state index >= 15 is 0 Å². The molecular weight excluding hydrogens is 368 g/mol. The van der Waals surface area contributed by atoms with Crippen LogP contribution in [0.25, 0.3) is 0 Å². The molecule has 4 fully saturated rings. The average Bonchev–Trinajstić information content (AvgIpc) is 2.82. The van der Waals surface area contributed by atoms with Gasteiger partial charge in [0, 0.05) is 5.92 Å². The lowest BCUT2D eigenvalue weighted by atomic mass is 9.67. The molecule has 2 heterocycles. The molecule has 156 valence electrons. The molecule has 4 bridgehead atoms. The van der Waals surface area contributed by atoms with Crippen LogP contribution in [0.15, 0.2) is 0 Å². The largest absolute Gasteiger partial charge is 0.458 e. The maximum atomic E-state index is 12.1. The summed E-state index contributed by atoms with van der Waals surface area (Å²) in [6.45, 7) is 4.17. The third-order valence-electron chi connectivity index (χ3n) is 6.21. The topological polar surface area (TPSA) is 105 Å². The molecule has 2 saturated heterocycles. The van der Waals surface area contributed by atoms with Gasteiger partial charge in [0.25, 0.3) is 0 Å². The van der Waals surface area contributed by atoms with E-state index in [4.69, 9.17) is 18.9 Å². The van der Waals surface area contributed by atoms with Crippen molar-refractivity contribution in [2.75, 3.05) is 13.2 Å². The van der Waals surface area contributed by atoms with Gasteiger partial charge >= 0.3 is 23.9 Å². The zero-order valence-corrected chi connectivity index (χ0v) is 16.6. The Bertz CT molecular complexity index is 655. The normalized spacial score (nSPS) is 31.0. The molecule has 5 atom stereocenters. The van der Waals surface area contributed by atoms with Gasteiger partial charge in [0.15, 0.2) is 13.2 Å². The van der Waals surface area contributed by atoms with E-state index in [2.05, 4.69) is 0 Å². The van der Waals surface area contributed by atoms with E-state index in [0.29, 0.717) is 25.2 Å². The van der Waals surface area contributed by atoms with E-state index < -0.39 is 48.7 Å². The van der Waals surface area contributed by atoms with Crippen LogP contribution >= 0.6 is 0 Å². The Labute approximate surface area is 164 Å². The summed E-state index contributed by atoms with van der Waals surface area (Å²) in [6, 6.07) is 0. The Balaban J connectivity index is 1.44. The second kappa shape index (κ2) is 8.09. The lowest BCUT2D eigenvalue weighted by molar-refractivity contribution is -0.180. The average molecular weight is 396 g/mol. The Kier molecular flexibility index (Phi) is 5.95. The molecule has 0 aromatic heterocycles. The van der Waals surface area contributed by atoms with Gasteiger partial charge < -0.3 is 18.9 Å². The fourth-order valence-corrected chi connectivity index (χ4v) is 4.27. The second-order valence-corrected chi connectivity index (χ2v) is 8.67. The van der Waals surface area contributed by atoms with Gasteiger partial charge in [0.1, 0.15) is 12.2 Å². The number of hydrogen-bond acceptors (Lipinski definition) is 8. The van der Waals surface area contributed by atoms with Gasteiger partial charge in [-0.2, -0.15) is 0 Å². The Morgan fingerprint density at radius 1 is 1.04 bits per heavy atom. The van der Waals surface area contributed by atoms with Crippen LogP contribution in [0.5, 0.6) is 0 Å². The highest BCUT2D eigenvalue weighted by atomic mass is 16.6. The first kappa shape index (κ1) is 20.6. The number of carbonyl (C=O) groups excluding carboxylic acids is 4. The SMILES string of the molecule is CCC(C)(C)C(=O)OCC(=O)OCC(=O)OC1C2CC3C[C@@H](C2)CC1OC3=O. The lowest BCUT2D eigenvalue weighted by Gasteiger charge is -2.41. The molecule has 0 aromatic carbocycles. The predicted octanol–water partition coefficient (Wildman–Crippen LogP) is 1.78. The van der Waals surface area contributed by atoms with Crippen LogP contribution < -0.4 is 0 Å². The molecule has 0 aromatic rings. The van der Waals surface area contributed by atoms with Crippen LogP contribution in [0.2, 0.25) is 0 Å². The highest BCUT2D eigenvalue weighted by Crippen LogP contribution is 2.48. The fraction of sp³-hybridized carbons (Fsp3) is 0.800. The van der Waals surface area contributed by atoms with Gasteiger partial charge in [-0.25, -0.2) is 9.59 Å². The minimum Gasteiger partial charge on any atom is -0.458 e. The van der Waals surface area contributed by atoms with E-state index in [9.17, 15) is 19.2 Å². The van der Waals surface area contributed by atoms with Crippen molar-refractivity contribution in [3.05, 3.63) is 0 Å². The predicted molar refractivity (Wildman–Crippen MR) is 94.7 cm³/mol. The summed E-state index contributed by atoms with van der Waals surface area (Å²) in [7, 11) is 0. The number of ether oxygens (including phenoxy) is 4. The first-order valence-electron chi connectivity index (χ1n) is 9.92. The number of carbonyl (C=O) groups is 4. The van der Waals surface area contributed by atoms with Gasteiger partial charge in [-0.15, -0.1) is 0 Å². The second-order valence-electron chi connectivity index (χ2n) is 8.67. The number of hydrogen-bond donors (Lipinski definition) is 0. The number of fused-ring (bicyclic) bond motifs is 1. The minimum atomic E-state index is -0.814. The molecule has 8 heteroatoms. The van der Waals surface area contributed by atoms with Crippen LogP contribution in [0.3, 0.4) is 0 Å². The third-order valence-corrected chi connectivity index (χ3v) is 6.21. The third kappa shape index (κ3) is 4.47. The van der Waals surface area contributed by atoms with Crippen LogP contribution in [-0.2, 0) is 38.1 Å². The van der Waals surface area contributed by atoms with Crippen molar-refractivity contribution in [3.63, 3.8) is 0 Å². The zero-order valence-electron chi connectivity index (χ0n) is 16.6. The van der Waals surface area contributed by atoms with Crippen molar-refractivity contribution in [1.82, 2.24) is 0 Å². The quantitative estimate of drug-likeness (QED) is 0.474. The molecule has 0 amide bonds. The molecule has 0 radical (unpaired) electrons. The van der Waals surface area contributed by atoms with Gasteiger partial charge in [-0.05, 0) is 51.9 Å². The minimum absolute atomic E-state index is 0.0997. The molecule has 0 spiro atoms. The van der Waals surface area contributed by atoms with Crippen LogP contribution in [0.1, 0.15) is 52.9 Å². The molecule has 0 N–H and O–H groups in total. The first-order chi connectivity index (χ1) is 13.2.